The average molecular weight is 333 g/mol. The lowest BCUT2D eigenvalue weighted by Gasteiger charge is -2.09. The first kappa shape index (κ1) is 16.8. The molecular formula is C17H17ClN2O3. The van der Waals surface area contributed by atoms with Gasteiger partial charge in [-0.2, -0.15) is 5.10 Å². The molecule has 0 spiro atoms. The van der Waals surface area contributed by atoms with Crippen LogP contribution < -0.4 is 10.2 Å². The minimum absolute atomic E-state index is 0.125. The van der Waals surface area contributed by atoms with Gasteiger partial charge in [0.25, 0.3) is 5.91 Å². The lowest BCUT2D eigenvalue weighted by atomic mass is 10.1. The number of aryl methyl sites for hydroxylation is 2. The summed E-state index contributed by atoms with van der Waals surface area (Å²) in [5.74, 6) is 0.957. The molecule has 0 unspecified atom stereocenters. The van der Waals surface area contributed by atoms with Crippen molar-refractivity contribution in [3.8, 4) is 5.75 Å². The van der Waals surface area contributed by atoms with Crippen LogP contribution in [0.3, 0.4) is 0 Å². The minimum atomic E-state index is -0.349. The Morgan fingerprint density at radius 1 is 1.39 bits per heavy atom. The first-order valence-corrected chi connectivity index (χ1v) is 7.35. The van der Waals surface area contributed by atoms with Gasteiger partial charge in [-0.25, -0.2) is 5.43 Å². The maximum Gasteiger partial charge on any atom is 0.277 e. The first-order chi connectivity index (χ1) is 11.1. The summed E-state index contributed by atoms with van der Waals surface area (Å²) in [6, 6.07) is 7.18. The number of furan rings is 1. The highest BCUT2D eigenvalue weighted by Gasteiger charge is 2.05. The van der Waals surface area contributed by atoms with Crippen LogP contribution in [-0.2, 0) is 4.79 Å². The van der Waals surface area contributed by atoms with Gasteiger partial charge in [0.15, 0.2) is 6.61 Å². The summed E-state index contributed by atoms with van der Waals surface area (Å²) in [6.07, 6.45) is 6.42. The van der Waals surface area contributed by atoms with Crippen molar-refractivity contribution in [1.29, 1.82) is 0 Å². The van der Waals surface area contributed by atoms with Gasteiger partial charge >= 0.3 is 0 Å². The Morgan fingerprint density at radius 3 is 2.78 bits per heavy atom. The number of halogens is 1. The number of carbonyl (C=O) groups excluding carboxylic acids is 1. The van der Waals surface area contributed by atoms with Crippen molar-refractivity contribution in [2.45, 2.75) is 13.8 Å². The summed E-state index contributed by atoms with van der Waals surface area (Å²) in [6.45, 7) is 3.65. The van der Waals surface area contributed by atoms with Gasteiger partial charge in [0.1, 0.15) is 11.5 Å². The molecule has 0 bridgehead atoms. The third-order valence-corrected chi connectivity index (χ3v) is 3.53. The second-order valence-electron chi connectivity index (χ2n) is 4.85. The third kappa shape index (κ3) is 5.30. The van der Waals surface area contributed by atoms with E-state index in [0.29, 0.717) is 16.5 Å². The van der Waals surface area contributed by atoms with E-state index in [9.17, 15) is 4.79 Å². The van der Waals surface area contributed by atoms with Crippen LogP contribution in [0.15, 0.2) is 46.1 Å². The Morgan fingerprint density at radius 2 is 2.13 bits per heavy atom. The van der Waals surface area contributed by atoms with Crippen molar-refractivity contribution in [3.05, 3.63) is 58.5 Å². The number of ether oxygens (including phenoxy) is 1. The van der Waals surface area contributed by atoms with Crippen LogP contribution in [0.25, 0.3) is 6.08 Å². The molecule has 0 saturated carbocycles. The van der Waals surface area contributed by atoms with E-state index < -0.39 is 0 Å². The standard InChI is InChI=1S/C17H17ClN2O3/c1-12-9-15(10-13(2)17(12)18)23-11-16(21)20-19-7-3-5-14-6-4-8-22-14/h3-10H,11H2,1-2H3,(H,20,21)/b5-3+,19-7+. The smallest absolute Gasteiger partial charge is 0.277 e. The first-order valence-electron chi connectivity index (χ1n) is 6.98. The maximum atomic E-state index is 11.6. The lowest BCUT2D eigenvalue weighted by molar-refractivity contribution is -0.123. The largest absolute Gasteiger partial charge is 0.484 e. The summed E-state index contributed by atoms with van der Waals surface area (Å²) in [4.78, 5) is 11.6. The number of benzene rings is 1. The maximum absolute atomic E-state index is 11.6. The molecule has 1 aromatic carbocycles. The van der Waals surface area contributed by atoms with E-state index in [4.69, 9.17) is 20.8 Å². The number of carbonyl (C=O) groups is 1. The second-order valence-corrected chi connectivity index (χ2v) is 5.23. The van der Waals surface area contributed by atoms with E-state index in [-0.39, 0.29) is 12.5 Å². The number of allylic oxidation sites excluding steroid dienone is 1. The van der Waals surface area contributed by atoms with Gasteiger partial charge in [0.2, 0.25) is 0 Å². The molecule has 0 saturated heterocycles. The molecule has 1 amide bonds. The molecule has 23 heavy (non-hydrogen) atoms. The van der Waals surface area contributed by atoms with Gasteiger partial charge in [-0.05, 0) is 61.4 Å². The Kier molecular flexibility index (Phi) is 6.00. The molecule has 1 heterocycles. The molecule has 2 aromatic rings. The molecule has 5 nitrogen and oxygen atoms in total. The zero-order valence-corrected chi connectivity index (χ0v) is 13.6. The van der Waals surface area contributed by atoms with Gasteiger partial charge in [-0.1, -0.05) is 11.6 Å². The molecular weight excluding hydrogens is 316 g/mol. The highest BCUT2D eigenvalue weighted by Crippen LogP contribution is 2.25. The molecule has 1 N–H and O–H groups in total. The van der Waals surface area contributed by atoms with Crippen molar-refractivity contribution in [3.63, 3.8) is 0 Å². The van der Waals surface area contributed by atoms with E-state index in [1.54, 1.807) is 36.6 Å². The van der Waals surface area contributed by atoms with Gasteiger partial charge < -0.3 is 9.15 Å². The molecule has 0 radical (unpaired) electrons. The SMILES string of the molecule is Cc1cc(OCC(=O)N/N=C/C=C/c2ccco2)cc(C)c1Cl. The number of nitrogens with zero attached hydrogens (tertiary/aromatic N) is 1. The summed E-state index contributed by atoms with van der Waals surface area (Å²) < 4.78 is 10.5. The number of hydrogen-bond acceptors (Lipinski definition) is 4. The Bertz CT molecular complexity index is 698. The highest BCUT2D eigenvalue weighted by atomic mass is 35.5. The number of nitrogens with one attached hydrogen (secondary N) is 1. The fraction of sp³-hybridized carbons (Fsp3) is 0.176. The van der Waals surface area contributed by atoms with Gasteiger partial charge in [-0.15, -0.1) is 0 Å². The predicted molar refractivity (Wildman–Crippen MR) is 90.8 cm³/mol. The van der Waals surface area contributed by atoms with E-state index in [1.165, 1.54) is 6.21 Å². The molecule has 0 fully saturated rings. The second kappa shape index (κ2) is 8.19. The zero-order valence-electron chi connectivity index (χ0n) is 12.9. The van der Waals surface area contributed by atoms with Crippen LogP contribution in [0.5, 0.6) is 5.75 Å². The molecule has 1 aromatic heterocycles. The van der Waals surface area contributed by atoms with Crippen LogP contribution in [0.2, 0.25) is 5.02 Å². The Balaban J connectivity index is 1.77. The van der Waals surface area contributed by atoms with Crippen molar-refractivity contribution < 1.29 is 13.9 Å². The van der Waals surface area contributed by atoms with Gasteiger partial charge in [-0.3, -0.25) is 4.79 Å². The number of rotatable bonds is 6. The molecule has 6 heteroatoms. The van der Waals surface area contributed by atoms with Crippen LogP contribution in [0.4, 0.5) is 0 Å². The number of hydrazone groups is 1. The van der Waals surface area contributed by atoms with Crippen LogP contribution >= 0.6 is 11.6 Å². The van der Waals surface area contributed by atoms with Crippen molar-refractivity contribution in [1.82, 2.24) is 5.43 Å². The fourth-order valence-electron chi connectivity index (χ4n) is 1.85. The number of hydrogen-bond donors (Lipinski definition) is 1. The average Bonchev–Trinajstić information content (AvgIpc) is 3.03. The molecule has 0 aliphatic heterocycles. The fourth-order valence-corrected chi connectivity index (χ4v) is 1.96. The Hall–Kier alpha value is -2.53. The summed E-state index contributed by atoms with van der Waals surface area (Å²) in [7, 11) is 0. The van der Waals surface area contributed by atoms with E-state index in [1.807, 2.05) is 19.9 Å². The topological polar surface area (TPSA) is 63.8 Å². The monoisotopic (exact) mass is 332 g/mol. The molecule has 0 atom stereocenters. The quantitative estimate of drug-likeness (QED) is 0.647. The molecule has 0 aliphatic carbocycles. The molecule has 0 aliphatic rings. The van der Waals surface area contributed by atoms with Gasteiger partial charge in [0, 0.05) is 11.2 Å². The van der Waals surface area contributed by atoms with Crippen molar-refractivity contribution in [2.24, 2.45) is 5.10 Å². The van der Waals surface area contributed by atoms with E-state index in [2.05, 4.69) is 10.5 Å². The van der Waals surface area contributed by atoms with Crippen molar-refractivity contribution in [2.75, 3.05) is 6.61 Å². The van der Waals surface area contributed by atoms with Crippen LogP contribution in [-0.4, -0.2) is 18.7 Å². The van der Waals surface area contributed by atoms with E-state index >= 15 is 0 Å². The summed E-state index contributed by atoms with van der Waals surface area (Å²) >= 11 is 6.08. The predicted octanol–water partition coefficient (Wildman–Crippen LogP) is 3.74. The summed E-state index contributed by atoms with van der Waals surface area (Å²) in [5.41, 5.74) is 4.18. The Labute approximate surface area is 139 Å². The minimum Gasteiger partial charge on any atom is -0.484 e. The molecule has 120 valence electrons. The van der Waals surface area contributed by atoms with Gasteiger partial charge in [0.05, 0.1) is 6.26 Å². The zero-order chi connectivity index (χ0) is 16.7. The number of amides is 1. The normalized spacial score (nSPS) is 11.3. The highest BCUT2D eigenvalue weighted by molar-refractivity contribution is 6.32. The van der Waals surface area contributed by atoms with Crippen LogP contribution in [0, 0.1) is 13.8 Å². The summed E-state index contributed by atoms with van der Waals surface area (Å²) in [5, 5.41) is 4.48. The molecule has 2 rings (SSSR count). The third-order valence-electron chi connectivity index (χ3n) is 2.93. The van der Waals surface area contributed by atoms with Crippen molar-refractivity contribution >= 4 is 29.8 Å². The lowest BCUT2D eigenvalue weighted by Crippen LogP contribution is -2.24. The van der Waals surface area contributed by atoms with Crippen LogP contribution in [0.1, 0.15) is 16.9 Å². The van der Waals surface area contributed by atoms with E-state index in [0.717, 1.165) is 11.1 Å².